The second-order valence-corrected chi connectivity index (χ2v) is 5.94. The van der Waals surface area contributed by atoms with Crippen molar-refractivity contribution in [3.8, 4) is 0 Å². The van der Waals surface area contributed by atoms with Crippen molar-refractivity contribution in [2.45, 2.75) is 31.9 Å². The lowest BCUT2D eigenvalue weighted by Crippen LogP contribution is -2.72. The van der Waals surface area contributed by atoms with Crippen LogP contribution in [0.4, 0.5) is 32.2 Å². The van der Waals surface area contributed by atoms with E-state index in [0.29, 0.717) is 11.3 Å². The fraction of sp³-hybridized carbons (Fsp3) is 0.294. The van der Waals surface area contributed by atoms with E-state index in [1.165, 1.54) is 36.5 Å². The van der Waals surface area contributed by atoms with Crippen LogP contribution in [-0.2, 0) is 0 Å². The first-order valence-electron chi connectivity index (χ1n) is 7.65. The van der Waals surface area contributed by atoms with E-state index >= 15 is 0 Å². The molecule has 0 radical (unpaired) electrons. The number of alkyl halides is 6. The zero-order valence-electron chi connectivity index (χ0n) is 14.2. The van der Waals surface area contributed by atoms with Gasteiger partial charge in [0.2, 0.25) is 0 Å². The lowest BCUT2D eigenvalue weighted by atomic mass is 10.1. The van der Waals surface area contributed by atoms with Crippen LogP contribution in [0, 0.1) is 13.8 Å². The van der Waals surface area contributed by atoms with Gasteiger partial charge in [0.15, 0.2) is 0 Å². The van der Waals surface area contributed by atoms with Gasteiger partial charge in [0.25, 0.3) is 11.7 Å². The molecular weight excluding hydrogens is 376 g/mol. The molecule has 4 nitrogen and oxygen atoms in total. The first-order valence-corrected chi connectivity index (χ1v) is 7.65. The quantitative estimate of drug-likeness (QED) is 0.615. The summed E-state index contributed by atoms with van der Waals surface area (Å²) in [5, 5.41) is 2.49. The Morgan fingerprint density at radius 1 is 0.926 bits per heavy atom. The Labute approximate surface area is 150 Å². The highest BCUT2D eigenvalue weighted by Gasteiger charge is 2.76. The summed E-state index contributed by atoms with van der Waals surface area (Å²) < 4.78 is 81.6. The van der Waals surface area contributed by atoms with Crippen LogP contribution in [0.15, 0.2) is 42.5 Å². The fourth-order valence-electron chi connectivity index (χ4n) is 2.36. The molecule has 0 aliphatic heterocycles. The van der Waals surface area contributed by atoms with Crippen molar-refractivity contribution >= 4 is 11.7 Å². The molecule has 0 saturated heterocycles. The Balaban J connectivity index is 2.53. The number of aromatic nitrogens is 1. The van der Waals surface area contributed by atoms with E-state index in [4.69, 9.17) is 0 Å². The van der Waals surface area contributed by atoms with Crippen LogP contribution in [0.1, 0.15) is 21.6 Å². The second kappa shape index (κ2) is 7.09. The summed E-state index contributed by atoms with van der Waals surface area (Å²) in [6.07, 6.45) is -11.8. The van der Waals surface area contributed by atoms with E-state index in [1.807, 2.05) is 0 Å². The minimum Gasteiger partial charge on any atom is -0.296 e. The molecule has 1 amide bonds. The maximum atomic E-state index is 13.6. The highest BCUT2D eigenvalue weighted by molar-refractivity contribution is 5.95. The molecule has 146 valence electrons. The Hall–Kier alpha value is -2.78. The number of H-pyrrole nitrogens is 1. The highest BCUT2D eigenvalue weighted by Crippen LogP contribution is 2.43. The fourth-order valence-corrected chi connectivity index (χ4v) is 2.36. The largest absolute Gasteiger partial charge is 0.462 e. The van der Waals surface area contributed by atoms with E-state index in [2.05, 4.69) is 4.98 Å². The summed E-state index contributed by atoms with van der Waals surface area (Å²) in [6.45, 7) is 3.01. The van der Waals surface area contributed by atoms with Crippen LogP contribution in [0.2, 0.25) is 0 Å². The van der Waals surface area contributed by atoms with Crippen LogP contribution < -0.4 is 15.6 Å². The summed E-state index contributed by atoms with van der Waals surface area (Å²) in [4.78, 5) is 14.6. The molecule has 0 atom stereocenters. The van der Waals surface area contributed by atoms with Crippen molar-refractivity contribution in [2.24, 2.45) is 0 Å². The number of pyridine rings is 1. The summed E-state index contributed by atoms with van der Waals surface area (Å²) in [5.41, 5.74) is -4.19. The third-order valence-electron chi connectivity index (χ3n) is 3.69. The van der Waals surface area contributed by atoms with Crippen molar-refractivity contribution in [1.82, 2.24) is 5.32 Å². The standard InChI is InChI=1S/C17H15F6N3O/c1-10-5-3-7-12(9-10)14(27)26-15(16(18,19)20,17(21,22)23)25-13-8-4-6-11(2)24-13/h3-9H,1-2H3,(H,24,25)(H,26,27)/p+1. The molecular formula is C17H16F6N3O+. The number of amides is 1. The molecule has 27 heavy (non-hydrogen) atoms. The Morgan fingerprint density at radius 2 is 1.52 bits per heavy atom. The molecule has 2 rings (SSSR count). The number of rotatable bonds is 4. The first kappa shape index (κ1) is 20.5. The van der Waals surface area contributed by atoms with Gasteiger partial charge in [-0.3, -0.25) is 10.1 Å². The van der Waals surface area contributed by atoms with Crippen LogP contribution in [0.5, 0.6) is 0 Å². The summed E-state index contributed by atoms with van der Waals surface area (Å²) >= 11 is 0. The van der Waals surface area contributed by atoms with Crippen molar-refractivity contribution in [3.05, 3.63) is 59.3 Å². The number of nitrogens with one attached hydrogen (secondary N) is 3. The van der Waals surface area contributed by atoms with E-state index in [-0.39, 0.29) is 5.56 Å². The lowest BCUT2D eigenvalue weighted by molar-refractivity contribution is -0.376. The topological polar surface area (TPSA) is 55.3 Å². The predicted molar refractivity (Wildman–Crippen MR) is 84.8 cm³/mol. The minimum absolute atomic E-state index is 0.322. The van der Waals surface area contributed by atoms with Crippen molar-refractivity contribution in [3.63, 3.8) is 0 Å². The average Bonchev–Trinajstić information content (AvgIpc) is 2.52. The van der Waals surface area contributed by atoms with Gasteiger partial charge in [-0.1, -0.05) is 23.8 Å². The number of anilines is 1. The second-order valence-electron chi connectivity index (χ2n) is 5.94. The monoisotopic (exact) mass is 392 g/mol. The van der Waals surface area contributed by atoms with Crippen molar-refractivity contribution in [1.29, 1.82) is 0 Å². The van der Waals surface area contributed by atoms with Crippen molar-refractivity contribution < 1.29 is 36.1 Å². The Kier molecular flexibility index (Phi) is 5.39. The zero-order valence-corrected chi connectivity index (χ0v) is 14.2. The molecule has 1 aromatic heterocycles. The molecule has 2 aromatic rings. The zero-order chi connectivity index (χ0) is 20.5. The highest BCUT2D eigenvalue weighted by atomic mass is 19.4. The summed E-state index contributed by atoms with van der Waals surface area (Å²) in [5.74, 6) is -2.08. The minimum atomic E-state index is -5.89. The van der Waals surface area contributed by atoms with Gasteiger partial charge in [-0.25, -0.2) is 10.3 Å². The average molecular weight is 392 g/mol. The van der Waals surface area contributed by atoms with E-state index < -0.39 is 29.7 Å². The number of aryl methyl sites for hydroxylation is 2. The summed E-state index contributed by atoms with van der Waals surface area (Å²) in [7, 11) is 0. The predicted octanol–water partition coefficient (Wildman–Crippen LogP) is 3.78. The number of benzene rings is 1. The molecule has 1 aromatic carbocycles. The third kappa shape index (κ3) is 4.32. The van der Waals surface area contributed by atoms with Crippen LogP contribution in [0.3, 0.4) is 0 Å². The van der Waals surface area contributed by atoms with Crippen molar-refractivity contribution in [2.75, 3.05) is 5.32 Å². The SMILES string of the molecule is Cc1cccc(C(=O)NC(Nc2cccc(C)[nH+]2)(C(F)(F)F)C(F)(F)F)c1. The Bertz CT molecular complexity index is 818. The number of carbonyl (C=O) groups excluding carboxylic acids is 1. The van der Waals surface area contributed by atoms with Gasteiger partial charge in [-0.05, 0) is 32.0 Å². The molecule has 10 heteroatoms. The molecule has 0 bridgehead atoms. The smallest absolute Gasteiger partial charge is 0.296 e. The van der Waals surface area contributed by atoms with E-state index in [0.717, 1.165) is 17.4 Å². The van der Waals surface area contributed by atoms with Gasteiger partial charge >= 0.3 is 18.0 Å². The maximum absolute atomic E-state index is 13.6. The van der Waals surface area contributed by atoms with Gasteiger partial charge in [0.05, 0.1) is 5.69 Å². The van der Waals surface area contributed by atoms with Crippen LogP contribution in [0.25, 0.3) is 0 Å². The van der Waals surface area contributed by atoms with Gasteiger partial charge in [-0.2, -0.15) is 26.3 Å². The number of carbonyl (C=O) groups is 1. The van der Waals surface area contributed by atoms with Gasteiger partial charge in [0.1, 0.15) is 0 Å². The normalized spacial score (nSPS) is 12.6. The van der Waals surface area contributed by atoms with Crippen LogP contribution in [-0.4, -0.2) is 23.9 Å². The number of aromatic amines is 1. The molecule has 1 heterocycles. The van der Waals surface area contributed by atoms with Gasteiger partial charge in [0, 0.05) is 11.6 Å². The van der Waals surface area contributed by atoms with Gasteiger partial charge < -0.3 is 0 Å². The van der Waals surface area contributed by atoms with Crippen LogP contribution >= 0.6 is 0 Å². The van der Waals surface area contributed by atoms with Gasteiger partial charge in [-0.15, -0.1) is 0 Å². The first-order chi connectivity index (χ1) is 12.4. The molecule has 0 aliphatic rings. The van der Waals surface area contributed by atoms with E-state index in [9.17, 15) is 31.1 Å². The molecule has 0 spiro atoms. The maximum Gasteiger partial charge on any atom is 0.462 e. The molecule has 0 aliphatic carbocycles. The number of hydrogen-bond acceptors (Lipinski definition) is 2. The third-order valence-corrected chi connectivity index (χ3v) is 3.69. The lowest BCUT2D eigenvalue weighted by Gasteiger charge is -2.34. The molecule has 0 unspecified atom stereocenters. The Morgan fingerprint density at radius 3 is 2.04 bits per heavy atom. The molecule has 0 saturated carbocycles. The summed E-state index contributed by atoms with van der Waals surface area (Å²) in [6, 6.07) is 8.95. The number of halogens is 6. The van der Waals surface area contributed by atoms with E-state index in [1.54, 1.807) is 13.0 Å². The number of hydrogen-bond donors (Lipinski definition) is 2. The molecule has 3 N–H and O–H groups in total. The molecule has 0 fully saturated rings.